The molecular weight excluding hydrogens is 551 g/mol. The first-order valence-electron chi connectivity index (χ1n) is 13.4. The van der Waals surface area contributed by atoms with Crippen molar-refractivity contribution in [2.45, 2.75) is 25.0 Å². The number of nitrogens with zero attached hydrogens (tertiary/aromatic N) is 3. The second-order valence-corrected chi connectivity index (χ2v) is 10.7. The van der Waals surface area contributed by atoms with Crippen molar-refractivity contribution in [3.05, 3.63) is 82.9 Å². The molecule has 1 fully saturated rings. The highest BCUT2D eigenvalue weighted by atomic mass is 35.5. The summed E-state index contributed by atoms with van der Waals surface area (Å²) in [5.74, 6) is -2.16. The SMILES string of the molecule is O=C(NC(CN1CCCC1)C(O)c1cc(F)c2c(c1)OCCO2)C(=O)c1cnn(-c2ccc3cc(Cl)ccc3c2)c1. The fourth-order valence-electron chi connectivity index (χ4n) is 5.29. The summed E-state index contributed by atoms with van der Waals surface area (Å²) in [6, 6.07) is 13.0. The maximum atomic E-state index is 14.7. The Labute approximate surface area is 240 Å². The van der Waals surface area contributed by atoms with Gasteiger partial charge in [-0.15, -0.1) is 0 Å². The first-order valence-corrected chi connectivity index (χ1v) is 13.8. The summed E-state index contributed by atoms with van der Waals surface area (Å²) < 4.78 is 27.1. The van der Waals surface area contributed by atoms with Crippen LogP contribution in [0.3, 0.4) is 0 Å². The monoisotopic (exact) mass is 578 g/mol. The average molecular weight is 579 g/mol. The number of halogens is 2. The summed E-state index contributed by atoms with van der Waals surface area (Å²) in [5.41, 5.74) is 1.02. The average Bonchev–Trinajstić information content (AvgIpc) is 3.68. The minimum absolute atomic E-state index is 0.00488. The standard InChI is InChI=1S/C30H28ClFN4O5/c31-22-5-3-19-12-23(6-4-18(19)11-22)36-16-21(15-33-36)28(38)30(39)34-25(17-35-7-1-2-8-35)27(37)20-13-24(32)29-26(14-20)40-9-10-41-29/h3-6,11-16,25,27,37H,1-2,7-10,17H2,(H,34,39). The smallest absolute Gasteiger partial charge is 0.292 e. The van der Waals surface area contributed by atoms with Crippen molar-refractivity contribution in [2.75, 3.05) is 32.8 Å². The molecule has 2 aliphatic rings. The molecule has 0 aliphatic carbocycles. The molecule has 3 aromatic carbocycles. The lowest BCUT2D eigenvalue weighted by atomic mass is 10.00. The van der Waals surface area contributed by atoms with E-state index in [1.54, 1.807) is 6.07 Å². The van der Waals surface area contributed by atoms with Gasteiger partial charge < -0.3 is 24.8 Å². The van der Waals surface area contributed by atoms with Crippen LogP contribution in [0.15, 0.2) is 60.9 Å². The van der Waals surface area contributed by atoms with Crippen LogP contribution < -0.4 is 14.8 Å². The Balaban J connectivity index is 1.21. The summed E-state index contributed by atoms with van der Waals surface area (Å²) in [4.78, 5) is 28.4. The van der Waals surface area contributed by atoms with Crippen LogP contribution in [0.5, 0.6) is 11.5 Å². The molecule has 2 unspecified atom stereocenters. The number of aliphatic hydroxyl groups excluding tert-OH is 1. The fourth-order valence-corrected chi connectivity index (χ4v) is 5.47. The summed E-state index contributed by atoms with van der Waals surface area (Å²) in [6.45, 7) is 2.38. The highest BCUT2D eigenvalue weighted by Crippen LogP contribution is 2.36. The molecule has 0 spiro atoms. The summed E-state index contributed by atoms with van der Waals surface area (Å²) in [5, 5.41) is 20.8. The maximum absolute atomic E-state index is 14.7. The summed E-state index contributed by atoms with van der Waals surface area (Å²) >= 11 is 6.08. The van der Waals surface area contributed by atoms with Gasteiger partial charge >= 0.3 is 0 Å². The van der Waals surface area contributed by atoms with Crippen molar-refractivity contribution in [1.29, 1.82) is 0 Å². The van der Waals surface area contributed by atoms with E-state index in [9.17, 15) is 19.1 Å². The van der Waals surface area contributed by atoms with E-state index in [0.29, 0.717) is 10.7 Å². The van der Waals surface area contributed by atoms with Gasteiger partial charge in [0.25, 0.3) is 11.7 Å². The number of Topliss-reactive ketones (excluding diaryl/α,β-unsaturated/α-hetero) is 1. The predicted molar refractivity (Wildman–Crippen MR) is 150 cm³/mol. The van der Waals surface area contributed by atoms with E-state index < -0.39 is 29.7 Å². The number of fused-ring (bicyclic) bond motifs is 2. The molecule has 4 aromatic rings. The molecule has 212 valence electrons. The van der Waals surface area contributed by atoms with Crippen LogP contribution >= 0.6 is 11.6 Å². The van der Waals surface area contributed by atoms with Gasteiger partial charge in [-0.05, 0) is 78.7 Å². The number of aliphatic hydroxyl groups is 1. The number of carbonyl (C=O) groups is 2. The van der Waals surface area contributed by atoms with Gasteiger partial charge in [-0.25, -0.2) is 9.07 Å². The zero-order valence-electron chi connectivity index (χ0n) is 22.1. The molecule has 6 rings (SSSR count). The fraction of sp³-hybridized carbons (Fsp3) is 0.300. The predicted octanol–water partition coefficient (Wildman–Crippen LogP) is 4.09. The van der Waals surface area contributed by atoms with Gasteiger partial charge in [0.1, 0.15) is 19.3 Å². The number of aromatic nitrogens is 2. The van der Waals surface area contributed by atoms with E-state index in [1.807, 2.05) is 30.3 Å². The highest BCUT2D eigenvalue weighted by Gasteiger charge is 2.31. The molecule has 41 heavy (non-hydrogen) atoms. The molecule has 11 heteroatoms. The second kappa shape index (κ2) is 11.5. The van der Waals surface area contributed by atoms with E-state index in [1.165, 1.54) is 29.2 Å². The minimum atomic E-state index is -1.30. The molecule has 1 saturated heterocycles. The van der Waals surface area contributed by atoms with Gasteiger partial charge in [0.2, 0.25) is 0 Å². The van der Waals surface area contributed by atoms with Crippen molar-refractivity contribution in [1.82, 2.24) is 20.0 Å². The zero-order valence-corrected chi connectivity index (χ0v) is 22.8. The number of benzene rings is 3. The number of ketones is 1. The maximum Gasteiger partial charge on any atom is 0.292 e. The molecule has 1 aromatic heterocycles. The summed E-state index contributed by atoms with van der Waals surface area (Å²) in [7, 11) is 0. The number of likely N-dealkylation sites (tertiary alicyclic amines) is 1. The van der Waals surface area contributed by atoms with Crippen LogP contribution in [0.4, 0.5) is 4.39 Å². The zero-order chi connectivity index (χ0) is 28.5. The van der Waals surface area contributed by atoms with Gasteiger partial charge in [-0.3, -0.25) is 9.59 Å². The van der Waals surface area contributed by atoms with Gasteiger partial charge in [0.15, 0.2) is 17.3 Å². The van der Waals surface area contributed by atoms with Gasteiger partial charge in [-0.1, -0.05) is 23.7 Å². The Bertz CT molecular complexity index is 1620. The number of carbonyl (C=O) groups excluding carboxylic acids is 2. The second-order valence-electron chi connectivity index (χ2n) is 10.2. The molecule has 2 N–H and O–H groups in total. The lowest BCUT2D eigenvalue weighted by Gasteiger charge is -2.29. The normalized spacial score (nSPS) is 16.5. The van der Waals surface area contributed by atoms with Crippen LogP contribution in [0.25, 0.3) is 16.5 Å². The number of hydrogen-bond donors (Lipinski definition) is 2. The topological polar surface area (TPSA) is 106 Å². The van der Waals surface area contributed by atoms with E-state index in [2.05, 4.69) is 15.3 Å². The van der Waals surface area contributed by atoms with Gasteiger partial charge in [0, 0.05) is 17.8 Å². The molecular formula is C30H28ClFN4O5. The number of amides is 1. The third-order valence-corrected chi connectivity index (χ3v) is 7.65. The third-order valence-electron chi connectivity index (χ3n) is 7.41. The van der Waals surface area contributed by atoms with Gasteiger partial charge in [0.05, 0.1) is 23.5 Å². The van der Waals surface area contributed by atoms with Crippen molar-refractivity contribution in [3.8, 4) is 17.2 Å². The molecule has 1 amide bonds. The first kappa shape index (κ1) is 27.2. The Morgan fingerprint density at radius 2 is 1.80 bits per heavy atom. The lowest BCUT2D eigenvalue weighted by Crippen LogP contribution is -2.48. The summed E-state index contributed by atoms with van der Waals surface area (Å²) in [6.07, 6.45) is 3.51. The largest absolute Gasteiger partial charge is 0.486 e. The van der Waals surface area contributed by atoms with E-state index in [0.717, 1.165) is 36.7 Å². The van der Waals surface area contributed by atoms with E-state index in [4.69, 9.17) is 21.1 Å². The van der Waals surface area contributed by atoms with E-state index in [-0.39, 0.29) is 42.4 Å². The highest BCUT2D eigenvalue weighted by molar-refractivity contribution is 6.42. The Hall–Kier alpha value is -3.99. The van der Waals surface area contributed by atoms with Crippen LogP contribution in [0, 0.1) is 5.82 Å². The van der Waals surface area contributed by atoms with Crippen LogP contribution in [0.1, 0.15) is 34.9 Å². The molecule has 0 saturated carbocycles. The Morgan fingerprint density at radius 1 is 1.05 bits per heavy atom. The number of ether oxygens (including phenoxy) is 2. The van der Waals surface area contributed by atoms with Crippen molar-refractivity contribution in [2.24, 2.45) is 0 Å². The van der Waals surface area contributed by atoms with E-state index >= 15 is 0 Å². The van der Waals surface area contributed by atoms with Gasteiger partial charge in [-0.2, -0.15) is 5.10 Å². The molecule has 0 bridgehead atoms. The van der Waals surface area contributed by atoms with Crippen LogP contribution in [-0.4, -0.2) is 70.4 Å². The third kappa shape index (κ3) is 5.76. The molecule has 9 nitrogen and oxygen atoms in total. The number of rotatable bonds is 8. The minimum Gasteiger partial charge on any atom is -0.486 e. The van der Waals surface area contributed by atoms with Crippen molar-refractivity contribution in [3.63, 3.8) is 0 Å². The molecule has 2 aliphatic heterocycles. The number of hydrogen-bond acceptors (Lipinski definition) is 7. The quantitative estimate of drug-likeness (QED) is 0.240. The Morgan fingerprint density at radius 3 is 2.63 bits per heavy atom. The molecule has 2 atom stereocenters. The Kier molecular flexibility index (Phi) is 7.61. The van der Waals surface area contributed by atoms with Crippen LogP contribution in [0.2, 0.25) is 5.02 Å². The number of nitrogens with one attached hydrogen (secondary N) is 1. The molecule has 0 radical (unpaired) electrons. The lowest BCUT2D eigenvalue weighted by molar-refractivity contribution is -0.118. The van der Waals surface area contributed by atoms with Crippen molar-refractivity contribution >= 4 is 34.1 Å². The van der Waals surface area contributed by atoms with Crippen LogP contribution in [-0.2, 0) is 4.79 Å². The van der Waals surface area contributed by atoms with Crippen molar-refractivity contribution < 1.29 is 28.6 Å². The first-order chi connectivity index (χ1) is 19.9. The molecule has 3 heterocycles.